The largest absolute Gasteiger partial charge is 0.458 e. The maximum absolute atomic E-state index is 13.3. The Morgan fingerprint density at radius 1 is 1.44 bits per heavy atom. The summed E-state index contributed by atoms with van der Waals surface area (Å²) in [7, 11) is 0. The topological polar surface area (TPSA) is 93.0 Å². The highest BCUT2D eigenvalue weighted by molar-refractivity contribution is 6.43. The van der Waals surface area contributed by atoms with Gasteiger partial charge in [0.15, 0.2) is 5.76 Å². The van der Waals surface area contributed by atoms with Crippen molar-refractivity contribution in [1.29, 1.82) is 0 Å². The summed E-state index contributed by atoms with van der Waals surface area (Å²) >= 11 is 6.04. The van der Waals surface area contributed by atoms with Gasteiger partial charge in [-0.3, -0.25) is 4.79 Å². The van der Waals surface area contributed by atoms with Crippen LogP contribution in [0.3, 0.4) is 0 Å². The normalized spacial score (nSPS) is 17.4. The molecule has 2 atom stereocenters. The predicted molar refractivity (Wildman–Crippen MR) is 93.8 cm³/mol. The summed E-state index contributed by atoms with van der Waals surface area (Å²) in [6.45, 7) is 0.208. The van der Waals surface area contributed by atoms with Crippen LogP contribution in [0.5, 0.6) is 0 Å². The molecule has 1 aromatic heterocycles. The Labute approximate surface area is 148 Å². The number of benzene rings is 1. The Morgan fingerprint density at radius 2 is 2.28 bits per heavy atom. The third-order valence-corrected chi connectivity index (χ3v) is 4.05. The molecule has 2 heterocycles. The highest BCUT2D eigenvalue weighted by atomic mass is 35.5. The molecule has 130 valence electrons. The molecule has 0 radical (unpaired) electrons. The van der Waals surface area contributed by atoms with Gasteiger partial charge in [-0.25, -0.2) is 4.39 Å². The second-order valence-electron chi connectivity index (χ2n) is 5.59. The van der Waals surface area contributed by atoms with Crippen molar-refractivity contribution in [1.82, 2.24) is 5.32 Å². The van der Waals surface area contributed by atoms with Gasteiger partial charge in [0.05, 0.1) is 11.9 Å². The zero-order valence-electron chi connectivity index (χ0n) is 13.2. The molecule has 1 aliphatic heterocycles. The van der Waals surface area contributed by atoms with E-state index in [4.69, 9.17) is 21.8 Å². The minimum Gasteiger partial charge on any atom is -0.458 e. The van der Waals surface area contributed by atoms with Gasteiger partial charge >= 0.3 is 0 Å². The van der Waals surface area contributed by atoms with Crippen molar-refractivity contribution >= 4 is 29.4 Å². The van der Waals surface area contributed by atoms with Crippen LogP contribution in [-0.4, -0.2) is 35.8 Å². The molecule has 0 spiro atoms. The summed E-state index contributed by atoms with van der Waals surface area (Å²) in [6.07, 6.45) is 3.31. The van der Waals surface area contributed by atoms with E-state index in [-0.39, 0.29) is 24.2 Å². The molecule has 1 aromatic carbocycles. The first-order valence-electron chi connectivity index (χ1n) is 7.66. The van der Waals surface area contributed by atoms with Crippen LogP contribution in [0.15, 0.2) is 51.2 Å². The van der Waals surface area contributed by atoms with E-state index in [0.717, 1.165) is 5.56 Å². The minimum absolute atomic E-state index is 0.117. The number of rotatable bonds is 6. The highest BCUT2D eigenvalue weighted by Gasteiger charge is 2.22. The first-order chi connectivity index (χ1) is 12.1. The lowest BCUT2D eigenvalue weighted by Crippen LogP contribution is -2.41. The Morgan fingerprint density at radius 3 is 2.96 bits per heavy atom. The van der Waals surface area contributed by atoms with Crippen molar-refractivity contribution in [2.45, 2.75) is 17.8 Å². The van der Waals surface area contributed by atoms with E-state index in [9.17, 15) is 9.18 Å². The van der Waals surface area contributed by atoms with Gasteiger partial charge in [0.25, 0.3) is 5.91 Å². The van der Waals surface area contributed by atoms with Gasteiger partial charge in [-0.05, 0) is 30.2 Å². The number of nitrogens with zero attached hydrogens (tertiary/aromatic N) is 2. The van der Waals surface area contributed by atoms with E-state index in [1.165, 1.54) is 24.6 Å². The van der Waals surface area contributed by atoms with Crippen molar-refractivity contribution in [2.24, 2.45) is 15.9 Å². The van der Waals surface area contributed by atoms with Gasteiger partial charge in [0.1, 0.15) is 17.5 Å². The van der Waals surface area contributed by atoms with E-state index in [0.29, 0.717) is 17.7 Å². The molecule has 0 aliphatic carbocycles. The quantitative estimate of drug-likeness (QED) is 0.771. The Kier molecular flexibility index (Phi) is 5.25. The number of hydrogen-bond acceptors (Lipinski definition) is 5. The third kappa shape index (κ3) is 4.12. The third-order valence-electron chi connectivity index (χ3n) is 3.73. The lowest BCUT2D eigenvalue weighted by Gasteiger charge is -2.16. The number of alkyl halides is 1. The molecular weight excluding hydrogens is 347 g/mol. The summed E-state index contributed by atoms with van der Waals surface area (Å²) in [6, 6.07) is 7.37. The number of amides is 1. The van der Waals surface area contributed by atoms with Crippen LogP contribution in [0.25, 0.3) is 0 Å². The second kappa shape index (κ2) is 7.58. The molecule has 1 unspecified atom stereocenters. The maximum atomic E-state index is 13.3. The zero-order chi connectivity index (χ0) is 17.8. The van der Waals surface area contributed by atoms with Gasteiger partial charge in [-0.2, -0.15) is 10.2 Å². The molecule has 0 saturated heterocycles. The number of carbonyl (C=O) groups is 1. The molecule has 3 N–H and O–H groups in total. The van der Waals surface area contributed by atoms with Crippen molar-refractivity contribution in [3.05, 3.63) is 59.3 Å². The number of halogens is 2. The smallest absolute Gasteiger partial charge is 0.287 e. The van der Waals surface area contributed by atoms with Crippen molar-refractivity contribution < 1.29 is 13.6 Å². The maximum Gasteiger partial charge on any atom is 0.287 e. The van der Waals surface area contributed by atoms with Crippen LogP contribution in [0.1, 0.15) is 21.7 Å². The number of furan rings is 1. The summed E-state index contributed by atoms with van der Waals surface area (Å²) in [5.74, 6) is -0.625. The summed E-state index contributed by atoms with van der Waals surface area (Å²) in [5, 5.41) is 9.98. The van der Waals surface area contributed by atoms with Crippen LogP contribution in [0, 0.1) is 5.82 Å². The lowest BCUT2D eigenvalue weighted by molar-refractivity contribution is 0.0910. The van der Waals surface area contributed by atoms with Gasteiger partial charge in [0, 0.05) is 18.2 Å². The van der Waals surface area contributed by atoms with Gasteiger partial charge in [-0.1, -0.05) is 12.1 Å². The predicted octanol–water partition coefficient (Wildman–Crippen LogP) is 2.11. The molecule has 0 fully saturated rings. The number of nitrogens with one attached hydrogen (secondary N) is 1. The van der Waals surface area contributed by atoms with Crippen LogP contribution in [-0.2, 0) is 6.42 Å². The average molecular weight is 363 g/mol. The fourth-order valence-corrected chi connectivity index (χ4v) is 2.70. The molecular formula is C17H16ClFN4O2. The molecule has 2 aromatic rings. The van der Waals surface area contributed by atoms with Crippen molar-refractivity contribution in [2.75, 3.05) is 6.54 Å². The average Bonchev–Trinajstić information content (AvgIpc) is 3.22. The van der Waals surface area contributed by atoms with Crippen molar-refractivity contribution in [3.8, 4) is 0 Å². The van der Waals surface area contributed by atoms with Crippen LogP contribution >= 0.6 is 11.6 Å². The molecule has 25 heavy (non-hydrogen) atoms. The van der Waals surface area contributed by atoms with E-state index in [1.807, 2.05) is 0 Å². The summed E-state index contributed by atoms with van der Waals surface area (Å²) in [4.78, 5) is 12.3. The second-order valence-corrected chi connectivity index (χ2v) is 6.06. The number of carbonyl (C=O) groups excluding carboxylic acids is 1. The van der Waals surface area contributed by atoms with Crippen LogP contribution < -0.4 is 11.1 Å². The molecule has 8 heteroatoms. The Bertz CT molecular complexity index is 834. The monoisotopic (exact) mass is 362 g/mol. The molecule has 0 saturated carbocycles. The van der Waals surface area contributed by atoms with E-state index < -0.39 is 11.3 Å². The summed E-state index contributed by atoms with van der Waals surface area (Å²) in [5.41, 5.74) is 7.59. The van der Waals surface area contributed by atoms with Crippen LogP contribution in [0.4, 0.5) is 4.39 Å². The standard InChI is InChI=1S/C17H16ClFN4O2/c18-14-8-21-23-16(14)11-6-15(25-9-11)17(24)22-13(7-20)5-10-2-1-3-12(19)4-10/h1-4,6,8-9,13-14H,5,7,20H2,(H,22,24)/t13-,14?/m0/s1. The highest BCUT2D eigenvalue weighted by Crippen LogP contribution is 2.17. The molecule has 1 aliphatic rings. The lowest BCUT2D eigenvalue weighted by atomic mass is 10.1. The minimum atomic E-state index is -0.446. The first-order valence-corrected chi connectivity index (χ1v) is 8.10. The Balaban J connectivity index is 1.65. The van der Waals surface area contributed by atoms with Gasteiger partial charge in [-0.15, -0.1) is 11.6 Å². The fraction of sp³-hybridized carbons (Fsp3) is 0.235. The molecule has 6 nitrogen and oxygen atoms in total. The Hall–Kier alpha value is -2.51. The van der Waals surface area contributed by atoms with Gasteiger partial charge in [0.2, 0.25) is 0 Å². The first kappa shape index (κ1) is 17.3. The van der Waals surface area contributed by atoms with Gasteiger partial charge < -0.3 is 15.5 Å². The van der Waals surface area contributed by atoms with Crippen LogP contribution in [0.2, 0.25) is 0 Å². The SMILES string of the molecule is NC[C@H](Cc1cccc(F)c1)NC(=O)c1cc(C2=NN=CC2Cl)co1. The van der Waals surface area contributed by atoms with E-state index in [2.05, 4.69) is 15.5 Å². The summed E-state index contributed by atoms with van der Waals surface area (Å²) < 4.78 is 18.6. The molecule has 3 rings (SSSR count). The zero-order valence-corrected chi connectivity index (χ0v) is 13.9. The number of nitrogens with two attached hydrogens (primary N) is 1. The van der Waals surface area contributed by atoms with Crippen molar-refractivity contribution in [3.63, 3.8) is 0 Å². The van der Waals surface area contributed by atoms with E-state index in [1.54, 1.807) is 18.2 Å². The molecule has 0 bridgehead atoms. The van der Waals surface area contributed by atoms with E-state index >= 15 is 0 Å². The fourth-order valence-electron chi connectivity index (χ4n) is 2.48. The number of hydrogen-bond donors (Lipinski definition) is 2. The molecule has 1 amide bonds.